The standard InChI is InChI=1S/C23H32O3/c1-3-10-23-12-9-18-17(19(23)6-7-20(23)21(26)14-24)5-4-15-13-16(25)8-11-22(15,18)2/h3,13,17-20,24H,1,4-12,14H2,2H3/t17?,18?,19?,20-,22+,23+/m1/s1. The van der Waals surface area contributed by atoms with E-state index in [1.807, 2.05) is 12.2 Å². The first-order chi connectivity index (χ1) is 12.5. The summed E-state index contributed by atoms with van der Waals surface area (Å²) in [6.07, 6.45) is 13.0. The molecule has 4 rings (SSSR count). The van der Waals surface area contributed by atoms with Gasteiger partial charge in [-0.2, -0.15) is 0 Å². The molecule has 0 aliphatic heterocycles. The molecule has 0 spiro atoms. The third-order valence-electron chi connectivity index (χ3n) is 8.75. The molecule has 3 heteroatoms. The van der Waals surface area contributed by atoms with Crippen molar-refractivity contribution in [3.8, 4) is 0 Å². The van der Waals surface area contributed by atoms with E-state index in [9.17, 15) is 14.7 Å². The van der Waals surface area contributed by atoms with Crippen molar-refractivity contribution in [2.45, 2.75) is 64.7 Å². The lowest BCUT2D eigenvalue weighted by Crippen LogP contribution is -2.52. The van der Waals surface area contributed by atoms with Gasteiger partial charge in [-0.05, 0) is 86.0 Å². The van der Waals surface area contributed by atoms with E-state index in [0.29, 0.717) is 30.0 Å². The van der Waals surface area contributed by atoms with Crippen molar-refractivity contribution in [2.24, 2.45) is 34.5 Å². The van der Waals surface area contributed by atoms with Crippen LogP contribution in [0.2, 0.25) is 0 Å². The lowest BCUT2D eigenvalue weighted by atomic mass is 9.46. The number of hydrogen-bond acceptors (Lipinski definition) is 3. The van der Waals surface area contributed by atoms with Crippen LogP contribution in [0.5, 0.6) is 0 Å². The van der Waals surface area contributed by atoms with Crippen LogP contribution in [0.25, 0.3) is 0 Å². The first kappa shape index (κ1) is 18.2. The van der Waals surface area contributed by atoms with Crippen molar-refractivity contribution >= 4 is 11.6 Å². The molecule has 0 heterocycles. The summed E-state index contributed by atoms with van der Waals surface area (Å²) in [5, 5.41) is 9.51. The number of hydrogen-bond donors (Lipinski definition) is 1. The fourth-order valence-electron chi connectivity index (χ4n) is 7.63. The number of Topliss-reactive ketones (excluding diaryl/α,β-unsaturated/α-hetero) is 1. The van der Waals surface area contributed by atoms with Crippen molar-refractivity contribution in [3.63, 3.8) is 0 Å². The Labute approximate surface area is 156 Å². The third kappa shape index (κ3) is 2.42. The monoisotopic (exact) mass is 356 g/mol. The molecule has 1 N–H and O–H groups in total. The molecular formula is C23H32O3. The zero-order valence-electron chi connectivity index (χ0n) is 16.0. The predicted octanol–water partition coefficient (Wildman–Crippen LogP) is 4.25. The van der Waals surface area contributed by atoms with E-state index in [2.05, 4.69) is 13.5 Å². The van der Waals surface area contributed by atoms with E-state index in [-0.39, 0.29) is 29.1 Å². The number of ketones is 2. The van der Waals surface area contributed by atoms with Gasteiger partial charge >= 0.3 is 0 Å². The van der Waals surface area contributed by atoms with Crippen LogP contribution in [0.3, 0.4) is 0 Å². The topological polar surface area (TPSA) is 54.4 Å². The summed E-state index contributed by atoms with van der Waals surface area (Å²) >= 11 is 0. The van der Waals surface area contributed by atoms with E-state index in [1.165, 1.54) is 5.57 Å². The van der Waals surface area contributed by atoms with E-state index in [0.717, 1.165) is 51.4 Å². The molecule has 0 bridgehead atoms. The van der Waals surface area contributed by atoms with Gasteiger partial charge in [0.15, 0.2) is 11.6 Å². The summed E-state index contributed by atoms with van der Waals surface area (Å²) in [6.45, 7) is 6.08. The Morgan fingerprint density at radius 1 is 1.23 bits per heavy atom. The van der Waals surface area contributed by atoms with Crippen molar-refractivity contribution in [1.82, 2.24) is 0 Å². The molecule has 4 aliphatic rings. The van der Waals surface area contributed by atoms with Crippen LogP contribution in [-0.2, 0) is 9.59 Å². The molecule has 3 nitrogen and oxygen atoms in total. The van der Waals surface area contributed by atoms with Crippen LogP contribution < -0.4 is 0 Å². The highest BCUT2D eigenvalue weighted by atomic mass is 16.3. The van der Waals surface area contributed by atoms with Crippen molar-refractivity contribution in [2.75, 3.05) is 6.61 Å². The first-order valence-electron chi connectivity index (χ1n) is 10.4. The minimum atomic E-state index is -0.322. The van der Waals surface area contributed by atoms with Crippen LogP contribution in [0, 0.1) is 34.5 Å². The summed E-state index contributed by atoms with van der Waals surface area (Å²) in [5.41, 5.74) is 1.59. The van der Waals surface area contributed by atoms with Crippen molar-refractivity contribution in [1.29, 1.82) is 0 Å². The molecule has 26 heavy (non-hydrogen) atoms. The second-order valence-electron chi connectivity index (χ2n) is 9.49. The number of rotatable bonds is 4. The number of fused-ring (bicyclic) bond motifs is 5. The summed E-state index contributed by atoms with van der Waals surface area (Å²) in [6, 6.07) is 0. The van der Waals surface area contributed by atoms with Crippen LogP contribution in [-0.4, -0.2) is 23.3 Å². The highest BCUT2D eigenvalue weighted by molar-refractivity contribution is 5.91. The van der Waals surface area contributed by atoms with Gasteiger partial charge in [-0.25, -0.2) is 0 Å². The third-order valence-corrected chi connectivity index (χ3v) is 8.75. The highest BCUT2D eigenvalue weighted by Gasteiger charge is 2.61. The quantitative estimate of drug-likeness (QED) is 0.766. The maximum atomic E-state index is 12.5. The largest absolute Gasteiger partial charge is 0.389 e. The van der Waals surface area contributed by atoms with Gasteiger partial charge in [-0.1, -0.05) is 18.6 Å². The molecule has 0 aromatic rings. The second kappa shape index (κ2) is 6.44. The lowest BCUT2D eigenvalue weighted by molar-refractivity contribution is -0.134. The first-order valence-corrected chi connectivity index (χ1v) is 10.4. The average molecular weight is 357 g/mol. The molecule has 6 atom stereocenters. The normalized spacial score (nSPS) is 44.5. The van der Waals surface area contributed by atoms with E-state index >= 15 is 0 Å². The zero-order chi connectivity index (χ0) is 18.5. The van der Waals surface area contributed by atoms with Crippen molar-refractivity contribution in [3.05, 3.63) is 24.3 Å². The number of carbonyl (C=O) groups excluding carboxylic acids is 2. The fraction of sp³-hybridized carbons (Fsp3) is 0.739. The average Bonchev–Trinajstić information content (AvgIpc) is 3.01. The zero-order valence-corrected chi connectivity index (χ0v) is 16.0. The molecule has 0 aromatic heterocycles. The smallest absolute Gasteiger partial charge is 0.161 e. The lowest BCUT2D eigenvalue weighted by Gasteiger charge is -2.58. The second-order valence-corrected chi connectivity index (χ2v) is 9.49. The Bertz CT molecular complexity index is 662. The maximum Gasteiger partial charge on any atom is 0.161 e. The Hall–Kier alpha value is -1.22. The Balaban J connectivity index is 1.68. The van der Waals surface area contributed by atoms with E-state index in [1.54, 1.807) is 0 Å². The molecule has 0 radical (unpaired) electrons. The van der Waals surface area contributed by atoms with Gasteiger partial charge in [0.25, 0.3) is 0 Å². The molecular weight excluding hydrogens is 324 g/mol. The highest BCUT2D eigenvalue weighted by Crippen LogP contribution is 2.67. The van der Waals surface area contributed by atoms with Crippen LogP contribution >= 0.6 is 0 Å². The summed E-state index contributed by atoms with van der Waals surface area (Å²) in [4.78, 5) is 24.4. The molecule has 3 unspecified atom stereocenters. The van der Waals surface area contributed by atoms with Crippen LogP contribution in [0.1, 0.15) is 64.7 Å². The van der Waals surface area contributed by atoms with Gasteiger partial charge in [0.1, 0.15) is 6.61 Å². The Morgan fingerprint density at radius 3 is 2.77 bits per heavy atom. The van der Waals surface area contributed by atoms with Gasteiger partial charge in [0, 0.05) is 12.3 Å². The van der Waals surface area contributed by atoms with E-state index < -0.39 is 0 Å². The number of aliphatic hydroxyl groups excluding tert-OH is 1. The van der Waals surface area contributed by atoms with Crippen LogP contribution in [0.15, 0.2) is 24.3 Å². The summed E-state index contributed by atoms with van der Waals surface area (Å²) in [5.74, 6) is 2.21. The van der Waals surface area contributed by atoms with Crippen LogP contribution in [0.4, 0.5) is 0 Å². The summed E-state index contributed by atoms with van der Waals surface area (Å²) < 4.78 is 0. The SMILES string of the molecule is C=CC[C@]12CCC3C(CCC4=CC(=O)CC[C@@]43C)C1CC[C@@H]2C(=O)CO. The van der Waals surface area contributed by atoms with Gasteiger partial charge in [0.05, 0.1) is 0 Å². The molecule has 4 aliphatic carbocycles. The molecule has 0 aromatic carbocycles. The molecule has 3 fully saturated rings. The number of carbonyl (C=O) groups is 2. The molecule has 142 valence electrons. The van der Waals surface area contributed by atoms with Gasteiger partial charge in [-0.3, -0.25) is 9.59 Å². The molecule has 3 saturated carbocycles. The Morgan fingerprint density at radius 2 is 2.04 bits per heavy atom. The minimum Gasteiger partial charge on any atom is -0.389 e. The minimum absolute atomic E-state index is 0.00845. The predicted molar refractivity (Wildman–Crippen MR) is 101 cm³/mol. The maximum absolute atomic E-state index is 12.5. The van der Waals surface area contributed by atoms with Gasteiger partial charge in [0.2, 0.25) is 0 Å². The summed E-state index contributed by atoms with van der Waals surface area (Å²) in [7, 11) is 0. The number of aliphatic hydroxyl groups is 1. The molecule has 0 amide bonds. The Kier molecular flexibility index (Phi) is 4.50. The van der Waals surface area contributed by atoms with Crippen molar-refractivity contribution < 1.29 is 14.7 Å². The number of allylic oxidation sites excluding steroid dienone is 2. The van der Waals surface area contributed by atoms with Gasteiger partial charge in [-0.15, -0.1) is 6.58 Å². The molecule has 0 saturated heterocycles. The van der Waals surface area contributed by atoms with Gasteiger partial charge < -0.3 is 5.11 Å². The fourth-order valence-corrected chi connectivity index (χ4v) is 7.63. The van der Waals surface area contributed by atoms with E-state index in [4.69, 9.17) is 0 Å².